The van der Waals surface area contributed by atoms with Crippen LogP contribution < -0.4 is 5.73 Å². The van der Waals surface area contributed by atoms with Crippen LogP contribution in [-0.4, -0.2) is 66.9 Å². The van der Waals surface area contributed by atoms with Gasteiger partial charge in [0.15, 0.2) is 0 Å². The maximum atomic E-state index is 13.2. The van der Waals surface area contributed by atoms with Crippen molar-refractivity contribution >= 4 is 17.6 Å². The second-order valence-electron chi connectivity index (χ2n) is 5.19. The zero-order valence-electron chi connectivity index (χ0n) is 12.2. The second kappa shape index (κ2) is 5.99. The van der Waals surface area contributed by atoms with E-state index in [1.807, 2.05) is 0 Å². The first-order valence-corrected chi connectivity index (χ1v) is 6.70. The largest absolute Gasteiger partial charge is 0.398 e. The van der Waals surface area contributed by atoms with Crippen LogP contribution in [0.3, 0.4) is 0 Å². The van der Waals surface area contributed by atoms with Gasteiger partial charge in [-0.15, -0.1) is 0 Å². The third-order valence-electron chi connectivity index (χ3n) is 3.47. The van der Waals surface area contributed by atoms with E-state index in [-0.39, 0.29) is 23.2 Å². The summed E-state index contributed by atoms with van der Waals surface area (Å²) in [4.78, 5) is 28.9. The molecule has 0 bridgehead atoms. The summed E-state index contributed by atoms with van der Waals surface area (Å²) in [6.07, 6.45) is 0. The molecule has 3 amide bonds. The summed E-state index contributed by atoms with van der Waals surface area (Å²) in [5.41, 5.74) is 6.15. The minimum atomic E-state index is -0.492. The van der Waals surface area contributed by atoms with Gasteiger partial charge in [-0.3, -0.25) is 4.79 Å². The van der Waals surface area contributed by atoms with Crippen molar-refractivity contribution in [3.05, 3.63) is 29.6 Å². The molecule has 0 aromatic heterocycles. The third kappa shape index (κ3) is 3.24. The molecule has 1 aromatic carbocycles. The van der Waals surface area contributed by atoms with Gasteiger partial charge in [-0.2, -0.15) is 0 Å². The molecule has 0 atom stereocenters. The Morgan fingerprint density at radius 1 is 1.14 bits per heavy atom. The molecule has 1 aliphatic rings. The molecule has 0 spiro atoms. The minimum Gasteiger partial charge on any atom is -0.398 e. The quantitative estimate of drug-likeness (QED) is 0.781. The van der Waals surface area contributed by atoms with E-state index < -0.39 is 5.82 Å². The molecule has 0 aliphatic carbocycles. The van der Waals surface area contributed by atoms with Crippen LogP contribution in [0, 0.1) is 5.82 Å². The van der Waals surface area contributed by atoms with Crippen LogP contribution in [0.15, 0.2) is 18.2 Å². The van der Waals surface area contributed by atoms with E-state index in [0.717, 1.165) is 6.07 Å². The number of benzene rings is 1. The monoisotopic (exact) mass is 294 g/mol. The normalized spacial score (nSPS) is 15.0. The maximum absolute atomic E-state index is 13.2. The second-order valence-corrected chi connectivity index (χ2v) is 5.19. The molecular weight excluding hydrogens is 275 g/mol. The number of piperazine rings is 1. The minimum absolute atomic E-state index is 0.0765. The standard InChI is InChI=1S/C14H19FN4O2/c1-17(2)14(21)19-7-5-18(6-8-19)13(20)11-9-10(15)3-4-12(11)16/h3-4,9H,5-8,16H2,1-2H3. The van der Waals surface area contributed by atoms with Crippen molar-refractivity contribution in [3.63, 3.8) is 0 Å². The van der Waals surface area contributed by atoms with Crippen molar-refractivity contribution in [1.29, 1.82) is 0 Å². The molecule has 1 fully saturated rings. The average Bonchev–Trinajstić information content (AvgIpc) is 2.48. The Kier molecular flexibility index (Phi) is 4.30. The van der Waals surface area contributed by atoms with Crippen molar-refractivity contribution in [2.45, 2.75) is 0 Å². The molecule has 1 aliphatic heterocycles. The number of amides is 3. The fraction of sp³-hybridized carbons (Fsp3) is 0.429. The molecule has 2 rings (SSSR count). The number of nitrogens with two attached hydrogens (primary N) is 1. The van der Waals surface area contributed by atoms with Crippen molar-refractivity contribution in [1.82, 2.24) is 14.7 Å². The zero-order valence-corrected chi connectivity index (χ0v) is 12.2. The summed E-state index contributed by atoms with van der Waals surface area (Å²) >= 11 is 0. The lowest BCUT2D eigenvalue weighted by Gasteiger charge is -2.36. The van der Waals surface area contributed by atoms with E-state index in [2.05, 4.69) is 0 Å². The highest BCUT2D eigenvalue weighted by Crippen LogP contribution is 2.17. The highest BCUT2D eigenvalue weighted by atomic mass is 19.1. The molecule has 2 N–H and O–H groups in total. The molecule has 7 heteroatoms. The molecule has 0 saturated carbocycles. The number of rotatable bonds is 1. The highest BCUT2D eigenvalue weighted by molar-refractivity contribution is 5.99. The van der Waals surface area contributed by atoms with Gasteiger partial charge in [-0.1, -0.05) is 0 Å². The van der Waals surface area contributed by atoms with Crippen LogP contribution in [0.4, 0.5) is 14.9 Å². The Bertz CT molecular complexity index is 554. The van der Waals surface area contributed by atoms with Gasteiger partial charge in [0.05, 0.1) is 5.56 Å². The molecule has 1 saturated heterocycles. The SMILES string of the molecule is CN(C)C(=O)N1CCN(C(=O)c2cc(F)ccc2N)CC1. The van der Waals surface area contributed by atoms with Crippen molar-refractivity contribution in [2.24, 2.45) is 0 Å². The van der Waals surface area contributed by atoms with E-state index in [1.165, 1.54) is 17.0 Å². The molecule has 0 radical (unpaired) electrons. The summed E-state index contributed by atoms with van der Waals surface area (Å²) < 4.78 is 13.2. The number of nitrogen functional groups attached to an aromatic ring is 1. The number of halogens is 1. The lowest BCUT2D eigenvalue weighted by Crippen LogP contribution is -2.52. The molecule has 21 heavy (non-hydrogen) atoms. The summed E-state index contributed by atoms with van der Waals surface area (Å²) in [6.45, 7) is 1.73. The number of anilines is 1. The fourth-order valence-corrected chi connectivity index (χ4v) is 2.27. The lowest BCUT2D eigenvalue weighted by molar-refractivity contribution is 0.0651. The van der Waals surface area contributed by atoms with Gasteiger partial charge in [0, 0.05) is 46.0 Å². The van der Waals surface area contributed by atoms with Crippen LogP contribution in [-0.2, 0) is 0 Å². The van der Waals surface area contributed by atoms with Crippen molar-refractivity contribution in [3.8, 4) is 0 Å². The van der Waals surface area contributed by atoms with E-state index in [9.17, 15) is 14.0 Å². The van der Waals surface area contributed by atoms with Gasteiger partial charge in [-0.25, -0.2) is 9.18 Å². The number of carbonyl (C=O) groups is 2. The predicted molar refractivity (Wildman–Crippen MR) is 77.4 cm³/mol. The first-order chi connectivity index (χ1) is 9.90. The van der Waals surface area contributed by atoms with Gasteiger partial charge < -0.3 is 20.4 Å². The lowest BCUT2D eigenvalue weighted by atomic mass is 10.1. The van der Waals surface area contributed by atoms with Gasteiger partial charge in [0.1, 0.15) is 5.82 Å². The maximum Gasteiger partial charge on any atom is 0.319 e. The number of nitrogens with zero attached hydrogens (tertiary/aromatic N) is 3. The van der Waals surface area contributed by atoms with Crippen LogP contribution in [0.2, 0.25) is 0 Å². The van der Waals surface area contributed by atoms with Gasteiger partial charge in [0.2, 0.25) is 0 Å². The van der Waals surface area contributed by atoms with Crippen molar-refractivity contribution < 1.29 is 14.0 Å². The number of urea groups is 1. The Hall–Kier alpha value is -2.31. The fourth-order valence-electron chi connectivity index (χ4n) is 2.27. The van der Waals surface area contributed by atoms with Crippen LogP contribution in [0.25, 0.3) is 0 Å². The van der Waals surface area contributed by atoms with Gasteiger partial charge >= 0.3 is 6.03 Å². The van der Waals surface area contributed by atoms with Crippen molar-refractivity contribution in [2.75, 3.05) is 46.0 Å². The molecule has 6 nitrogen and oxygen atoms in total. The molecule has 114 valence electrons. The number of hydrogen-bond acceptors (Lipinski definition) is 3. The first-order valence-electron chi connectivity index (χ1n) is 6.70. The molecule has 0 unspecified atom stereocenters. The smallest absolute Gasteiger partial charge is 0.319 e. The molecular formula is C14H19FN4O2. The molecule has 1 aromatic rings. The van der Waals surface area contributed by atoms with Crippen LogP contribution in [0.5, 0.6) is 0 Å². The van der Waals surface area contributed by atoms with Crippen LogP contribution >= 0.6 is 0 Å². The Labute approximate surface area is 122 Å². The Morgan fingerprint density at radius 2 is 1.71 bits per heavy atom. The van der Waals surface area contributed by atoms with Gasteiger partial charge in [0.25, 0.3) is 5.91 Å². The van der Waals surface area contributed by atoms with E-state index in [1.54, 1.807) is 23.9 Å². The average molecular weight is 294 g/mol. The van der Waals surface area contributed by atoms with Crippen LogP contribution in [0.1, 0.15) is 10.4 Å². The molecule has 1 heterocycles. The number of carbonyl (C=O) groups excluding carboxylic acids is 2. The Morgan fingerprint density at radius 3 is 2.29 bits per heavy atom. The predicted octanol–water partition coefficient (Wildman–Crippen LogP) is 0.847. The van der Waals surface area contributed by atoms with Gasteiger partial charge in [-0.05, 0) is 18.2 Å². The summed E-state index contributed by atoms with van der Waals surface area (Å²) in [5.74, 6) is -0.794. The van der Waals surface area contributed by atoms with E-state index >= 15 is 0 Å². The highest BCUT2D eigenvalue weighted by Gasteiger charge is 2.26. The summed E-state index contributed by atoms with van der Waals surface area (Å²) in [7, 11) is 3.38. The summed E-state index contributed by atoms with van der Waals surface area (Å²) in [5, 5.41) is 0. The summed E-state index contributed by atoms with van der Waals surface area (Å²) in [6, 6.07) is 3.68. The number of hydrogen-bond donors (Lipinski definition) is 1. The van der Waals surface area contributed by atoms with E-state index in [4.69, 9.17) is 5.73 Å². The van der Waals surface area contributed by atoms with E-state index in [0.29, 0.717) is 26.2 Å². The first kappa shape index (κ1) is 15.1. The third-order valence-corrected chi connectivity index (χ3v) is 3.47. The topological polar surface area (TPSA) is 69.9 Å². The Balaban J connectivity index is 2.03. The zero-order chi connectivity index (χ0) is 15.6.